The van der Waals surface area contributed by atoms with E-state index >= 15 is 0 Å². The minimum Gasteiger partial charge on any atom is -0.466 e. The Bertz CT molecular complexity index is 1020. The number of aldehydes is 1. The summed E-state index contributed by atoms with van der Waals surface area (Å²) in [6, 6.07) is 0. The molecule has 0 aliphatic heterocycles. The minimum absolute atomic E-state index is 0.0354. The van der Waals surface area contributed by atoms with Crippen LogP contribution < -0.4 is 0 Å². The third-order valence-electron chi connectivity index (χ3n) is 13.1. The molecule has 0 heterocycles. The molecular weight excluding hydrogens is 640 g/mol. The summed E-state index contributed by atoms with van der Waals surface area (Å²) in [7, 11) is 0. The summed E-state index contributed by atoms with van der Waals surface area (Å²) in [6.45, 7) is 12.5. The van der Waals surface area contributed by atoms with Crippen molar-refractivity contribution in [3.63, 3.8) is 0 Å². The van der Waals surface area contributed by atoms with Crippen LogP contribution in [0.25, 0.3) is 0 Å². The Morgan fingerprint density at radius 2 is 1.10 bits per heavy atom. The molecule has 4 fully saturated rings. The average Bonchev–Trinajstić information content (AvgIpc) is 3.18. The first-order valence-electron chi connectivity index (χ1n) is 21.0. The topological polar surface area (TPSA) is 96.0 Å². The number of rotatable bonds is 18. The molecule has 4 aliphatic carbocycles. The summed E-state index contributed by atoms with van der Waals surface area (Å²) in [4.78, 5) is 44.6. The highest BCUT2D eigenvalue weighted by atomic mass is 16.5. The van der Waals surface area contributed by atoms with Gasteiger partial charge in [0, 0.05) is 24.5 Å². The quantitative estimate of drug-likeness (QED) is 0.0459. The maximum atomic E-state index is 11.4. The van der Waals surface area contributed by atoms with Gasteiger partial charge in [0.1, 0.15) is 6.29 Å². The SMILES string of the molecule is C=CC(=O)OCCCC1CCC(C2CCC(CC(CC)COC(=O)C=C)CC2)CC1.CCOC(=O)CCC1CCC(C2CCC(C=O)CC2)CC1. The van der Waals surface area contributed by atoms with Crippen LogP contribution in [0.4, 0.5) is 0 Å². The standard InChI is InChI=1S/C26H42O4.C18H30O3/c1-4-20(19-30-26(28)6-3)18-22-11-15-24(16-12-22)23-13-9-21(10-14-23)8-7-17-29-25(27)5-2;1-2-21-18(20)12-7-14-3-8-16(9-4-14)17-10-5-15(13-19)6-11-17/h5-6,20-24H,2-4,7-19H2,1H3;13-17H,2-12H2,1H3. The third kappa shape index (κ3) is 16.4. The Balaban J connectivity index is 0.000000293. The Morgan fingerprint density at radius 3 is 1.57 bits per heavy atom. The molecule has 1 unspecified atom stereocenters. The molecule has 7 nitrogen and oxygen atoms in total. The van der Waals surface area contributed by atoms with Crippen molar-refractivity contribution < 1.29 is 33.4 Å². The van der Waals surface area contributed by atoms with E-state index in [1.54, 1.807) is 0 Å². The third-order valence-corrected chi connectivity index (χ3v) is 13.1. The summed E-state index contributed by atoms with van der Waals surface area (Å²) in [5, 5.41) is 0. The predicted octanol–water partition coefficient (Wildman–Crippen LogP) is 10.4. The van der Waals surface area contributed by atoms with Gasteiger partial charge in [-0.2, -0.15) is 0 Å². The van der Waals surface area contributed by atoms with Crippen molar-refractivity contribution in [1.29, 1.82) is 0 Å². The fourth-order valence-corrected chi connectivity index (χ4v) is 9.79. The summed E-state index contributed by atoms with van der Waals surface area (Å²) < 4.78 is 15.4. The molecule has 0 bridgehead atoms. The number of carbonyl (C=O) groups excluding carboxylic acids is 4. The van der Waals surface area contributed by atoms with Gasteiger partial charge in [-0.05, 0) is 144 Å². The molecule has 0 amide bonds. The average molecular weight is 713 g/mol. The van der Waals surface area contributed by atoms with Gasteiger partial charge in [0.05, 0.1) is 19.8 Å². The minimum atomic E-state index is -0.308. The largest absolute Gasteiger partial charge is 0.466 e. The number of hydrogen-bond acceptors (Lipinski definition) is 7. The normalized spacial score (nSPS) is 30.0. The van der Waals surface area contributed by atoms with Crippen LogP contribution in [0.2, 0.25) is 0 Å². The Hall–Kier alpha value is -2.44. The second-order valence-electron chi connectivity index (χ2n) is 16.4. The number of esters is 3. The van der Waals surface area contributed by atoms with Crippen molar-refractivity contribution in [2.45, 2.75) is 155 Å². The van der Waals surface area contributed by atoms with Crippen LogP contribution in [0.1, 0.15) is 155 Å². The molecule has 0 aromatic heterocycles. The van der Waals surface area contributed by atoms with Crippen molar-refractivity contribution in [1.82, 2.24) is 0 Å². The van der Waals surface area contributed by atoms with Crippen molar-refractivity contribution in [2.24, 2.45) is 53.3 Å². The van der Waals surface area contributed by atoms with Crippen molar-refractivity contribution >= 4 is 24.2 Å². The van der Waals surface area contributed by atoms with Gasteiger partial charge in [-0.15, -0.1) is 0 Å². The maximum Gasteiger partial charge on any atom is 0.330 e. The van der Waals surface area contributed by atoms with Crippen LogP contribution in [-0.4, -0.2) is 44.0 Å². The highest BCUT2D eigenvalue weighted by Gasteiger charge is 2.32. The zero-order valence-electron chi connectivity index (χ0n) is 32.4. The lowest BCUT2D eigenvalue weighted by molar-refractivity contribution is -0.143. The number of hydrogen-bond donors (Lipinski definition) is 0. The van der Waals surface area contributed by atoms with Crippen molar-refractivity contribution in [3.8, 4) is 0 Å². The van der Waals surface area contributed by atoms with E-state index in [0.717, 1.165) is 79.8 Å². The summed E-state index contributed by atoms with van der Waals surface area (Å²) >= 11 is 0. The van der Waals surface area contributed by atoms with E-state index in [-0.39, 0.29) is 17.9 Å². The summed E-state index contributed by atoms with van der Waals surface area (Å²) in [6.07, 6.45) is 30.4. The molecule has 0 N–H and O–H groups in total. The zero-order valence-corrected chi connectivity index (χ0v) is 32.4. The first kappa shape index (κ1) is 43.0. The van der Waals surface area contributed by atoms with E-state index in [2.05, 4.69) is 20.1 Å². The molecular formula is C44H72O7. The van der Waals surface area contributed by atoms with Gasteiger partial charge in [0.15, 0.2) is 0 Å². The first-order chi connectivity index (χ1) is 24.8. The van der Waals surface area contributed by atoms with Gasteiger partial charge in [-0.1, -0.05) is 65.0 Å². The van der Waals surface area contributed by atoms with Gasteiger partial charge >= 0.3 is 17.9 Å². The molecule has 290 valence electrons. The molecule has 0 aromatic carbocycles. The van der Waals surface area contributed by atoms with Gasteiger partial charge in [-0.3, -0.25) is 4.79 Å². The highest BCUT2D eigenvalue weighted by Crippen LogP contribution is 2.44. The Morgan fingerprint density at radius 1 is 0.627 bits per heavy atom. The molecule has 4 rings (SSSR count). The second kappa shape index (κ2) is 24.7. The smallest absolute Gasteiger partial charge is 0.330 e. The monoisotopic (exact) mass is 713 g/mol. The second-order valence-corrected chi connectivity index (χ2v) is 16.4. The predicted molar refractivity (Wildman–Crippen MR) is 204 cm³/mol. The molecule has 4 saturated carbocycles. The van der Waals surface area contributed by atoms with Crippen molar-refractivity contribution in [3.05, 3.63) is 25.3 Å². The van der Waals surface area contributed by atoms with Gasteiger partial charge < -0.3 is 19.0 Å². The van der Waals surface area contributed by atoms with Crippen LogP contribution in [0.3, 0.4) is 0 Å². The van der Waals surface area contributed by atoms with Crippen LogP contribution in [0.5, 0.6) is 0 Å². The van der Waals surface area contributed by atoms with E-state index in [1.165, 1.54) is 115 Å². The van der Waals surface area contributed by atoms with Crippen LogP contribution in [0.15, 0.2) is 25.3 Å². The van der Waals surface area contributed by atoms with Crippen LogP contribution in [-0.2, 0) is 33.4 Å². The zero-order chi connectivity index (χ0) is 36.8. The molecule has 51 heavy (non-hydrogen) atoms. The Labute approximate surface area is 310 Å². The summed E-state index contributed by atoms with van der Waals surface area (Å²) in [5.41, 5.74) is 0. The molecule has 0 aromatic rings. The summed E-state index contributed by atoms with van der Waals surface area (Å²) in [5.74, 6) is 6.05. The lowest BCUT2D eigenvalue weighted by atomic mass is 9.68. The lowest BCUT2D eigenvalue weighted by Crippen LogP contribution is -2.27. The van der Waals surface area contributed by atoms with E-state index < -0.39 is 0 Å². The van der Waals surface area contributed by atoms with E-state index in [9.17, 15) is 19.2 Å². The fourth-order valence-electron chi connectivity index (χ4n) is 9.79. The molecule has 0 radical (unpaired) electrons. The maximum absolute atomic E-state index is 11.4. The molecule has 1 atom stereocenters. The number of ether oxygens (including phenoxy) is 3. The molecule has 4 aliphatic rings. The highest BCUT2D eigenvalue weighted by molar-refractivity contribution is 5.81. The van der Waals surface area contributed by atoms with Crippen molar-refractivity contribution in [2.75, 3.05) is 19.8 Å². The fraction of sp³-hybridized carbons (Fsp3) is 0.818. The molecule has 0 spiro atoms. The van der Waals surface area contributed by atoms with Gasteiger partial charge in [0.2, 0.25) is 0 Å². The van der Waals surface area contributed by atoms with Crippen LogP contribution in [0, 0.1) is 53.3 Å². The van der Waals surface area contributed by atoms with E-state index in [0.29, 0.717) is 38.1 Å². The molecule has 7 heteroatoms. The van der Waals surface area contributed by atoms with Gasteiger partial charge in [0.25, 0.3) is 0 Å². The number of carbonyl (C=O) groups is 4. The lowest BCUT2D eigenvalue weighted by Gasteiger charge is -2.38. The van der Waals surface area contributed by atoms with Crippen LogP contribution >= 0.6 is 0 Å². The Kier molecular flexibility index (Phi) is 20.8. The molecule has 0 saturated heterocycles. The van der Waals surface area contributed by atoms with Gasteiger partial charge in [-0.25, -0.2) is 9.59 Å². The van der Waals surface area contributed by atoms with E-state index in [4.69, 9.17) is 14.2 Å². The first-order valence-corrected chi connectivity index (χ1v) is 21.0. The van der Waals surface area contributed by atoms with E-state index in [1.807, 2.05) is 6.92 Å².